The highest BCUT2D eigenvalue weighted by molar-refractivity contribution is 5.48. The topological polar surface area (TPSA) is 24.5 Å². The first-order chi connectivity index (χ1) is 11.1. The second-order valence-electron chi connectivity index (χ2n) is 6.95. The van der Waals surface area contributed by atoms with Crippen molar-refractivity contribution in [2.24, 2.45) is 0 Å². The molecule has 130 valence electrons. The normalized spacial score (nSPS) is 18.7. The molecule has 0 spiro atoms. The summed E-state index contributed by atoms with van der Waals surface area (Å²) < 4.78 is 5.84. The molecule has 0 aliphatic carbocycles. The quantitative estimate of drug-likeness (QED) is 0.818. The van der Waals surface area contributed by atoms with E-state index in [4.69, 9.17) is 4.74 Å². The van der Waals surface area contributed by atoms with Gasteiger partial charge < -0.3 is 10.1 Å². The predicted molar refractivity (Wildman–Crippen MR) is 98.6 cm³/mol. The summed E-state index contributed by atoms with van der Waals surface area (Å²) in [5.74, 6) is 2.20. The van der Waals surface area contributed by atoms with Crippen molar-refractivity contribution >= 4 is 0 Å². The molecule has 3 heteroatoms. The van der Waals surface area contributed by atoms with Gasteiger partial charge in [0.15, 0.2) is 0 Å². The van der Waals surface area contributed by atoms with Crippen LogP contribution in [0.4, 0.5) is 0 Å². The van der Waals surface area contributed by atoms with Crippen LogP contribution in [0, 0.1) is 0 Å². The van der Waals surface area contributed by atoms with Gasteiger partial charge in [-0.2, -0.15) is 0 Å². The average molecular weight is 319 g/mol. The molecule has 0 radical (unpaired) electrons. The van der Waals surface area contributed by atoms with Crippen molar-refractivity contribution in [3.8, 4) is 5.75 Å². The third-order valence-corrected chi connectivity index (χ3v) is 5.31. The molecule has 0 saturated carbocycles. The first kappa shape index (κ1) is 18.3. The Labute approximate surface area is 142 Å². The first-order valence-corrected chi connectivity index (χ1v) is 9.24. The number of methoxy groups -OCH3 is 1. The summed E-state index contributed by atoms with van der Waals surface area (Å²) in [6.07, 6.45) is 2.29. The summed E-state index contributed by atoms with van der Waals surface area (Å²) >= 11 is 0. The molecule has 1 aliphatic rings. The molecule has 1 N–H and O–H groups in total. The van der Waals surface area contributed by atoms with E-state index in [2.05, 4.69) is 50.0 Å². The lowest BCUT2D eigenvalue weighted by atomic mass is 9.88. The SMILES string of the molecule is CCC(C)c1cc(CN2CCNCC2)cc(C(C)CC)c1OC. The van der Waals surface area contributed by atoms with Crippen LogP contribution in [0.2, 0.25) is 0 Å². The predicted octanol–water partition coefficient (Wildman–Crippen LogP) is 4.13. The summed E-state index contributed by atoms with van der Waals surface area (Å²) in [5.41, 5.74) is 4.22. The molecule has 2 unspecified atom stereocenters. The average Bonchev–Trinajstić information content (AvgIpc) is 2.60. The number of hydrogen-bond acceptors (Lipinski definition) is 3. The summed E-state index contributed by atoms with van der Waals surface area (Å²) in [6, 6.07) is 4.78. The third kappa shape index (κ3) is 4.48. The van der Waals surface area contributed by atoms with Crippen molar-refractivity contribution in [1.82, 2.24) is 10.2 Å². The van der Waals surface area contributed by atoms with Gasteiger partial charge in [-0.15, -0.1) is 0 Å². The van der Waals surface area contributed by atoms with Crippen LogP contribution in [0.1, 0.15) is 69.1 Å². The van der Waals surface area contributed by atoms with Gasteiger partial charge in [0.25, 0.3) is 0 Å². The summed E-state index contributed by atoms with van der Waals surface area (Å²) in [5, 5.41) is 3.43. The third-order valence-electron chi connectivity index (χ3n) is 5.31. The van der Waals surface area contributed by atoms with Crippen LogP contribution >= 0.6 is 0 Å². The number of piperazine rings is 1. The molecule has 0 bridgehead atoms. The molecule has 1 aromatic carbocycles. The molecule has 1 saturated heterocycles. The smallest absolute Gasteiger partial charge is 0.125 e. The molecule has 0 amide bonds. The Morgan fingerprint density at radius 1 is 1.04 bits per heavy atom. The van der Waals surface area contributed by atoms with Crippen molar-refractivity contribution in [2.75, 3.05) is 33.3 Å². The maximum atomic E-state index is 5.84. The van der Waals surface area contributed by atoms with E-state index in [-0.39, 0.29) is 0 Å². The lowest BCUT2D eigenvalue weighted by molar-refractivity contribution is 0.233. The summed E-state index contributed by atoms with van der Waals surface area (Å²) in [7, 11) is 1.82. The Bertz CT molecular complexity index is 463. The minimum atomic E-state index is 0.538. The number of hydrogen-bond donors (Lipinski definition) is 1. The fourth-order valence-corrected chi connectivity index (χ4v) is 3.37. The van der Waals surface area contributed by atoms with Gasteiger partial charge in [-0.25, -0.2) is 0 Å². The minimum absolute atomic E-state index is 0.538. The highest BCUT2D eigenvalue weighted by Crippen LogP contribution is 2.38. The highest BCUT2D eigenvalue weighted by Gasteiger charge is 2.20. The molecule has 0 aromatic heterocycles. The van der Waals surface area contributed by atoms with Crippen molar-refractivity contribution in [3.05, 3.63) is 28.8 Å². The van der Waals surface area contributed by atoms with Crippen molar-refractivity contribution < 1.29 is 4.74 Å². The van der Waals surface area contributed by atoms with Gasteiger partial charge in [0.2, 0.25) is 0 Å². The summed E-state index contributed by atoms with van der Waals surface area (Å²) in [6.45, 7) is 14.7. The Morgan fingerprint density at radius 2 is 1.57 bits per heavy atom. The molecular formula is C20H34N2O. The Hall–Kier alpha value is -1.06. The van der Waals surface area contributed by atoms with Gasteiger partial charge in [0.1, 0.15) is 5.75 Å². The second-order valence-corrected chi connectivity index (χ2v) is 6.95. The van der Waals surface area contributed by atoms with Crippen LogP contribution in [0.3, 0.4) is 0 Å². The molecule has 1 aliphatic heterocycles. The van der Waals surface area contributed by atoms with Gasteiger partial charge in [0.05, 0.1) is 7.11 Å². The van der Waals surface area contributed by atoms with Crippen LogP contribution in [-0.2, 0) is 6.54 Å². The van der Waals surface area contributed by atoms with Crippen molar-refractivity contribution in [1.29, 1.82) is 0 Å². The van der Waals surface area contributed by atoms with E-state index in [1.807, 2.05) is 7.11 Å². The zero-order chi connectivity index (χ0) is 16.8. The van der Waals surface area contributed by atoms with Crippen molar-refractivity contribution in [3.63, 3.8) is 0 Å². The molecule has 23 heavy (non-hydrogen) atoms. The van der Waals surface area contributed by atoms with Crippen LogP contribution in [0.25, 0.3) is 0 Å². The molecule has 1 heterocycles. The van der Waals surface area contributed by atoms with Gasteiger partial charge in [0, 0.05) is 32.7 Å². The van der Waals surface area contributed by atoms with E-state index >= 15 is 0 Å². The zero-order valence-corrected chi connectivity index (χ0v) is 15.6. The second kappa shape index (κ2) is 8.70. The Balaban J connectivity index is 2.37. The fourth-order valence-electron chi connectivity index (χ4n) is 3.37. The Kier molecular flexibility index (Phi) is 6.91. The monoisotopic (exact) mass is 318 g/mol. The van der Waals surface area contributed by atoms with Crippen molar-refractivity contribution in [2.45, 2.75) is 58.9 Å². The lowest BCUT2D eigenvalue weighted by Gasteiger charge is -2.29. The maximum Gasteiger partial charge on any atom is 0.125 e. The van der Waals surface area contributed by atoms with E-state index in [9.17, 15) is 0 Å². The number of rotatable bonds is 7. The van der Waals surface area contributed by atoms with E-state index < -0.39 is 0 Å². The summed E-state index contributed by atoms with van der Waals surface area (Å²) in [4.78, 5) is 2.55. The fraction of sp³-hybridized carbons (Fsp3) is 0.700. The number of nitrogens with zero attached hydrogens (tertiary/aromatic N) is 1. The number of ether oxygens (including phenoxy) is 1. The van der Waals surface area contributed by atoms with Crippen LogP contribution in [0.15, 0.2) is 12.1 Å². The van der Waals surface area contributed by atoms with E-state index in [1.165, 1.54) is 16.7 Å². The van der Waals surface area contributed by atoms with Gasteiger partial charge >= 0.3 is 0 Å². The van der Waals surface area contributed by atoms with Crippen LogP contribution in [0.5, 0.6) is 5.75 Å². The number of benzene rings is 1. The molecular weight excluding hydrogens is 284 g/mol. The van der Waals surface area contributed by atoms with Gasteiger partial charge in [-0.1, -0.05) is 39.8 Å². The van der Waals surface area contributed by atoms with Crippen LogP contribution < -0.4 is 10.1 Å². The van der Waals surface area contributed by atoms with Gasteiger partial charge in [-0.3, -0.25) is 4.90 Å². The van der Waals surface area contributed by atoms with E-state index in [1.54, 1.807) is 0 Å². The van der Waals surface area contributed by atoms with E-state index in [0.717, 1.165) is 51.3 Å². The largest absolute Gasteiger partial charge is 0.496 e. The molecule has 3 nitrogen and oxygen atoms in total. The highest BCUT2D eigenvalue weighted by atomic mass is 16.5. The lowest BCUT2D eigenvalue weighted by Crippen LogP contribution is -2.42. The molecule has 1 fully saturated rings. The number of nitrogens with one attached hydrogen (secondary N) is 1. The minimum Gasteiger partial charge on any atom is -0.496 e. The Morgan fingerprint density at radius 3 is 2.00 bits per heavy atom. The molecule has 1 aromatic rings. The maximum absolute atomic E-state index is 5.84. The zero-order valence-electron chi connectivity index (χ0n) is 15.6. The van der Waals surface area contributed by atoms with Crippen LogP contribution in [-0.4, -0.2) is 38.2 Å². The van der Waals surface area contributed by atoms with Gasteiger partial charge in [-0.05, 0) is 41.4 Å². The molecule has 2 atom stereocenters. The molecule has 2 rings (SSSR count). The first-order valence-electron chi connectivity index (χ1n) is 9.24. The standard InChI is InChI=1S/C20H34N2O/c1-6-15(3)18-12-17(14-22-10-8-21-9-11-22)13-19(16(4)7-2)20(18)23-5/h12-13,15-16,21H,6-11,14H2,1-5H3. The van der Waals surface area contributed by atoms with E-state index in [0.29, 0.717) is 11.8 Å².